The molecule has 0 spiro atoms. The SMILES string of the molecule is COc1c([C@H](O)[C@@H](CO)NC(=O)OC(C)(C)C)cc2c(c1C)OCO2. The second kappa shape index (κ2) is 7.37. The van der Waals surface area contributed by atoms with Crippen LogP contribution >= 0.6 is 0 Å². The highest BCUT2D eigenvalue weighted by Gasteiger charge is 2.31. The molecule has 0 aliphatic carbocycles. The van der Waals surface area contributed by atoms with Gasteiger partial charge in [0.25, 0.3) is 0 Å². The van der Waals surface area contributed by atoms with Crippen molar-refractivity contribution in [1.82, 2.24) is 5.32 Å². The third kappa shape index (κ3) is 4.26. The Bertz CT molecular complexity index is 639. The minimum atomic E-state index is -1.24. The maximum Gasteiger partial charge on any atom is 0.408 e. The van der Waals surface area contributed by atoms with Gasteiger partial charge in [-0.3, -0.25) is 0 Å². The van der Waals surface area contributed by atoms with Crippen molar-refractivity contribution in [2.24, 2.45) is 0 Å². The van der Waals surface area contributed by atoms with Gasteiger partial charge >= 0.3 is 6.09 Å². The van der Waals surface area contributed by atoms with Gasteiger partial charge in [-0.25, -0.2) is 4.79 Å². The lowest BCUT2D eigenvalue weighted by Gasteiger charge is -2.27. The summed E-state index contributed by atoms with van der Waals surface area (Å²) >= 11 is 0. The van der Waals surface area contributed by atoms with Gasteiger partial charge in [-0.1, -0.05) is 0 Å². The zero-order valence-electron chi connectivity index (χ0n) is 15.1. The lowest BCUT2D eigenvalue weighted by atomic mass is 9.98. The molecule has 2 rings (SSSR count). The van der Waals surface area contributed by atoms with E-state index in [1.165, 1.54) is 7.11 Å². The number of carbonyl (C=O) groups excluding carboxylic acids is 1. The summed E-state index contributed by atoms with van der Waals surface area (Å²) in [6.45, 7) is 6.54. The number of methoxy groups -OCH3 is 1. The Labute approximate surface area is 146 Å². The van der Waals surface area contributed by atoms with Crippen molar-refractivity contribution in [1.29, 1.82) is 0 Å². The van der Waals surface area contributed by atoms with E-state index in [-0.39, 0.29) is 6.79 Å². The van der Waals surface area contributed by atoms with Crippen molar-refractivity contribution in [3.05, 3.63) is 17.2 Å². The largest absolute Gasteiger partial charge is 0.496 e. The van der Waals surface area contributed by atoms with Crippen LogP contribution < -0.4 is 19.5 Å². The highest BCUT2D eigenvalue weighted by molar-refractivity contribution is 5.68. The average molecular weight is 355 g/mol. The number of nitrogens with one attached hydrogen (secondary N) is 1. The molecular formula is C17H25NO7. The maximum atomic E-state index is 11.9. The van der Waals surface area contributed by atoms with Gasteiger partial charge in [0, 0.05) is 11.1 Å². The fraction of sp³-hybridized carbons (Fsp3) is 0.588. The zero-order chi connectivity index (χ0) is 18.8. The summed E-state index contributed by atoms with van der Waals surface area (Å²) in [7, 11) is 1.47. The minimum Gasteiger partial charge on any atom is -0.496 e. The second-order valence-corrected chi connectivity index (χ2v) is 6.74. The fourth-order valence-electron chi connectivity index (χ4n) is 2.61. The standard InChI is InChI=1S/C17H25NO7/c1-9-14(22-5)10(6-12-15(9)24-8-23-12)13(20)11(7-19)18-16(21)25-17(2,3)4/h6,11,13,19-20H,7-8H2,1-5H3,(H,18,21)/t11-,13+/m1/s1. The summed E-state index contributed by atoms with van der Waals surface area (Å²) in [6.07, 6.45) is -1.97. The Morgan fingerprint density at radius 3 is 2.64 bits per heavy atom. The number of hydrogen-bond donors (Lipinski definition) is 3. The first-order valence-corrected chi connectivity index (χ1v) is 7.93. The number of benzene rings is 1. The topological polar surface area (TPSA) is 106 Å². The third-order valence-corrected chi connectivity index (χ3v) is 3.67. The first-order chi connectivity index (χ1) is 11.7. The van der Waals surface area contributed by atoms with Crippen LogP contribution in [0.3, 0.4) is 0 Å². The summed E-state index contributed by atoms with van der Waals surface area (Å²) in [6, 6.07) is 0.599. The van der Waals surface area contributed by atoms with E-state index in [1.807, 2.05) is 0 Å². The van der Waals surface area contributed by atoms with E-state index in [1.54, 1.807) is 33.8 Å². The van der Waals surface area contributed by atoms with E-state index in [4.69, 9.17) is 18.9 Å². The minimum absolute atomic E-state index is 0.0818. The molecule has 0 saturated heterocycles. The molecule has 3 N–H and O–H groups in total. The van der Waals surface area contributed by atoms with Crippen molar-refractivity contribution in [2.45, 2.75) is 45.4 Å². The molecule has 8 heteroatoms. The highest BCUT2D eigenvalue weighted by atomic mass is 16.7. The molecule has 140 valence electrons. The first kappa shape index (κ1) is 19.1. The van der Waals surface area contributed by atoms with Crippen molar-refractivity contribution >= 4 is 6.09 Å². The predicted molar refractivity (Wildman–Crippen MR) is 89.1 cm³/mol. The summed E-state index contributed by atoms with van der Waals surface area (Å²) < 4.78 is 21.3. The number of amides is 1. The smallest absolute Gasteiger partial charge is 0.408 e. The highest BCUT2D eigenvalue weighted by Crippen LogP contribution is 2.45. The lowest BCUT2D eigenvalue weighted by Crippen LogP contribution is -2.44. The number of rotatable bonds is 5. The third-order valence-electron chi connectivity index (χ3n) is 3.67. The van der Waals surface area contributed by atoms with E-state index in [9.17, 15) is 15.0 Å². The Kier molecular flexibility index (Phi) is 5.64. The van der Waals surface area contributed by atoms with E-state index in [2.05, 4.69) is 5.32 Å². The van der Waals surface area contributed by atoms with Crippen LogP contribution in [-0.2, 0) is 4.74 Å². The molecule has 8 nitrogen and oxygen atoms in total. The molecule has 0 unspecified atom stereocenters. The normalized spacial score (nSPS) is 15.5. The fourth-order valence-corrected chi connectivity index (χ4v) is 2.61. The molecule has 2 atom stereocenters. The number of alkyl carbamates (subject to hydrolysis) is 1. The molecule has 1 amide bonds. The number of aliphatic hydroxyl groups is 2. The molecule has 1 heterocycles. The Morgan fingerprint density at radius 1 is 1.40 bits per heavy atom. The molecule has 1 aliphatic heterocycles. The van der Waals surface area contributed by atoms with Gasteiger partial charge in [-0.05, 0) is 33.8 Å². The molecule has 0 bridgehead atoms. The van der Waals surface area contributed by atoms with Gasteiger partial charge in [-0.2, -0.15) is 0 Å². The molecule has 25 heavy (non-hydrogen) atoms. The lowest BCUT2D eigenvalue weighted by molar-refractivity contribution is 0.0345. The quantitative estimate of drug-likeness (QED) is 0.737. The van der Waals surface area contributed by atoms with E-state index >= 15 is 0 Å². The second-order valence-electron chi connectivity index (χ2n) is 6.74. The van der Waals surface area contributed by atoms with Crippen molar-refractivity contribution in [3.63, 3.8) is 0 Å². The number of carbonyl (C=O) groups is 1. The number of fused-ring (bicyclic) bond motifs is 1. The number of aliphatic hydroxyl groups excluding tert-OH is 2. The average Bonchev–Trinajstić information content (AvgIpc) is 2.99. The number of hydrogen-bond acceptors (Lipinski definition) is 7. The van der Waals surface area contributed by atoms with Crippen molar-refractivity contribution in [2.75, 3.05) is 20.5 Å². The van der Waals surface area contributed by atoms with Crippen LogP contribution in [-0.4, -0.2) is 48.5 Å². The maximum absolute atomic E-state index is 11.9. The van der Waals surface area contributed by atoms with Gasteiger partial charge in [0.1, 0.15) is 17.5 Å². The monoisotopic (exact) mass is 355 g/mol. The molecule has 1 aliphatic rings. The van der Waals surface area contributed by atoms with Crippen LogP contribution in [0.1, 0.15) is 38.0 Å². The van der Waals surface area contributed by atoms with Crippen LogP contribution in [0, 0.1) is 6.92 Å². The molecule has 0 aromatic heterocycles. The van der Waals surface area contributed by atoms with Gasteiger partial charge in [0.05, 0.1) is 19.8 Å². The summed E-state index contributed by atoms with van der Waals surface area (Å²) in [5, 5.41) is 22.8. The van der Waals surface area contributed by atoms with Crippen LogP contribution in [0.2, 0.25) is 0 Å². The molecule has 1 aromatic carbocycles. The summed E-state index contributed by atoms with van der Waals surface area (Å²) in [5.74, 6) is 1.43. The van der Waals surface area contributed by atoms with Crippen molar-refractivity contribution in [3.8, 4) is 17.2 Å². The van der Waals surface area contributed by atoms with Gasteiger partial charge in [0.2, 0.25) is 6.79 Å². The Hall–Kier alpha value is -2.19. The van der Waals surface area contributed by atoms with Gasteiger partial charge in [-0.15, -0.1) is 0 Å². The van der Waals surface area contributed by atoms with Crippen LogP contribution in [0.25, 0.3) is 0 Å². The Morgan fingerprint density at radius 2 is 2.08 bits per heavy atom. The summed E-state index contributed by atoms with van der Waals surface area (Å²) in [5.41, 5.74) is 0.349. The van der Waals surface area contributed by atoms with Gasteiger partial charge < -0.3 is 34.5 Å². The van der Waals surface area contributed by atoms with E-state index in [0.29, 0.717) is 28.4 Å². The number of ether oxygens (including phenoxy) is 4. The predicted octanol–water partition coefficient (Wildman–Crippen LogP) is 1.65. The molecule has 1 aromatic rings. The van der Waals surface area contributed by atoms with E-state index in [0.717, 1.165) is 0 Å². The van der Waals surface area contributed by atoms with Crippen molar-refractivity contribution < 1.29 is 34.0 Å². The molecular weight excluding hydrogens is 330 g/mol. The molecule has 0 saturated carbocycles. The van der Waals surface area contributed by atoms with Gasteiger partial charge in [0.15, 0.2) is 11.5 Å². The van der Waals surface area contributed by atoms with Crippen LogP contribution in [0.5, 0.6) is 17.2 Å². The zero-order valence-corrected chi connectivity index (χ0v) is 15.1. The summed E-state index contributed by atoms with van der Waals surface area (Å²) in [4.78, 5) is 11.9. The molecule has 0 fully saturated rings. The molecule has 0 radical (unpaired) electrons. The Balaban J connectivity index is 2.27. The van der Waals surface area contributed by atoms with E-state index < -0.39 is 30.4 Å². The van der Waals surface area contributed by atoms with Crippen LogP contribution in [0.4, 0.5) is 4.79 Å². The van der Waals surface area contributed by atoms with Crippen LogP contribution in [0.15, 0.2) is 6.07 Å². The first-order valence-electron chi connectivity index (χ1n) is 7.93.